The minimum Gasteiger partial charge on any atom is -0.481 e. The lowest BCUT2D eigenvalue weighted by Crippen LogP contribution is -2.43. The zero-order chi connectivity index (χ0) is 24.8. The maximum absolute atomic E-state index is 12.9. The van der Waals surface area contributed by atoms with Crippen molar-refractivity contribution >= 4 is 18.0 Å². The molecule has 0 heterocycles. The van der Waals surface area contributed by atoms with Crippen LogP contribution in [0.3, 0.4) is 0 Å². The van der Waals surface area contributed by atoms with Crippen molar-refractivity contribution in [2.75, 3.05) is 13.2 Å². The van der Waals surface area contributed by atoms with Crippen LogP contribution in [-0.2, 0) is 14.3 Å². The first-order chi connectivity index (χ1) is 17.0. The van der Waals surface area contributed by atoms with Gasteiger partial charge in [-0.25, -0.2) is 4.79 Å². The molecule has 0 aromatic heterocycles. The molecule has 2 aliphatic carbocycles. The first-order valence-corrected chi connectivity index (χ1v) is 12.6. The van der Waals surface area contributed by atoms with Crippen LogP contribution in [0.4, 0.5) is 4.79 Å². The Kier molecular flexibility index (Phi) is 8.06. The molecule has 2 aromatic carbocycles. The SMILES string of the molecule is CCC[C@@H](CC(=O)O)NC(=O)[C@@H]1CCC[C@@H]1CNC(=O)OCC1c2ccccc2-c2ccccc21. The van der Waals surface area contributed by atoms with E-state index in [-0.39, 0.29) is 42.7 Å². The monoisotopic (exact) mass is 478 g/mol. The molecule has 186 valence electrons. The second-order valence-electron chi connectivity index (χ2n) is 9.60. The molecule has 1 saturated carbocycles. The zero-order valence-corrected chi connectivity index (χ0v) is 20.2. The summed E-state index contributed by atoms with van der Waals surface area (Å²) in [6, 6.07) is 16.1. The van der Waals surface area contributed by atoms with Crippen molar-refractivity contribution in [3.8, 4) is 11.1 Å². The highest BCUT2D eigenvalue weighted by Crippen LogP contribution is 2.44. The van der Waals surface area contributed by atoms with Gasteiger partial charge in [-0.1, -0.05) is 68.3 Å². The minimum absolute atomic E-state index is 0.00268. The number of carboxylic acids is 1. The highest BCUT2D eigenvalue weighted by Gasteiger charge is 2.34. The third-order valence-corrected chi connectivity index (χ3v) is 7.25. The van der Waals surface area contributed by atoms with Crippen LogP contribution in [0.5, 0.6) is 0 Å². The van der Waals surface area contributed by atoms with Crippen LogP contribution in [-0.4, -0.2) is 42.3 Å². The largest absolute Gasteiger partial charge is 0.481 e. The number of rotatable bonds is 10. The van der Waals surface area contributed by atoms with Gasteiger partial charge >= 0.3 is 12.1 Å². The van der Waals surface area contributed by atoms with E-state index in [2.05, 4.69) is 34.9 Å². The molecule has 0 bridgehead atoms. The van der Waals surface area contributed by atoms with E-state index in [1.807, 2.05) is 31.2 Å². The van der Waals surface area contributed by atoms with Crippen molar-refractivity contribution in [3.05, 3.63) is 59.7 Å². The molecule has 0 saturated heterocycles. The van der Waals surface area contributed by atoms with Crippen molar-refractivity contribution in [2.45, 2.75) is 57.4 Å². The van der Waals surface area contributed by atoms with E-state index < -0.39 is 12.1 Å². The second kappa shape index (κ2) is 11.4. The van der Waals surface area contributed by atoms with Gasteiger partial charge in [0.25, 0.3) is 0 Å². The standard InChI is InChI=1S/C28H34N2O5/c1-2-8-19(15-26(31)32)30-27(33)20-14-7-9-18(20)16-29-28(34)35-17-25-23-12-5-3-10-21(23)22-11-4-6-13-24(22)25/h3-6,10-13,18-20,25H,2,7-9,14-17H2,1H3,(H,29,34)(H,30,33)(H,31,32)/t18-,19+,20-/m1/s1. The summed E-state index contributed by atoms with van der Waals surface area (Å²) in [5.41, 5.74) is 4.69. The van der Waals surface area contributed by atoms with Gasteiger partial charge in [-0.3, -0.25) is 9.59 Å². The summed E-state index contributed by atoms with van der Waals surface area (Å²) in [4.78, 5) is 36.5. The molecule has 3 N–H and O–H groups in total. The molecule has 0 spiro atoms. The van der Waals surface area contributed by atoms with E-state index in [1.165, 1.54) is 11.1 Å². The van der Waals surface area contributed by atoms with Crippen LogP contribution in [0.2, 0.25) is 0 Å². The lowest BCUT2D eigenvalue weighted by atomic mass is 9.94. The number of aliphatic carboxylic acids is 1. The third-order valence-electron chi connectivity index (χ3n) is 7.25. The van der Waals surface area contributed by atoms with Crippen molar-refractivity contribution in [3.63, 3.8) is 0 Å². The maximum atomic E-state index is 12.9. The van der Waals surface area contributed by atoms with Gasteiger partial charge in [-0.15, -0.1) is 0 Å². The van der Waals surface area contributed by atoms with Crippen LogP contribution in [0.15, 0.2) is 48.5 Å². The Bertz CT molecular complexity index is 1020. The number of alkyl carbamates (subject to hydrolysis) is 1. The summed E-state index contributed by atoms with van der Waals surface area (Å²) in [5.74, 6) is -1.23. The Morgan fingerprint density at radius 3 is 2.31 bits per heavy atom. The number of nitrogens with one attached hydrogen (secondary N) is 2. The molecule has 1 fully saturated rings. The number of carbonyl (C=O) groups is 3. The lowest BCUT2D eigenvalue weighted by molar-refractivity contribution is -0.138. The molecular weight excluding hydrogens is 444 g/mol. The molecule has 7 heteroatoms. The summed E-state index contributed by atoms with van der Waals surface area (Å²) in [5, 5.41) is 14.9. The van der Waals surface area contributed by atoms with E-state index >= 15 is 0 Å². The summed E-state index contributed by atoms with van der Waals surface area (Å²) < 4.78 is 5.62. The summed E-state index contributed by atoms with van der Waals surface area (Å²) >= 11 is 0. The Balaban J connectivity index is 1.29. The normalized spacial score (nSPS) is 19.5. The van der Waals surface area contributed by atoms with Gasteiger partial charge in [0.15, 0.2) is 0 Å². The average Bonchev–Trinajstić information content (AvgIpc) is 3.44. The second-order valence-corrected chi connectivity index (χ2v) is 9.60. The molecule has 2 aromatic rings. The van der Waals surface area contributed by atoms with Crippen LogP contribution in [0, 0.1) is 11.8 Å². The number of amides is 2. The van der Waals surface area contributed by atoms with Crippen molar-refractivity contribution in [1.29, 1.82) is 0 Å². The Hall–Kier alpha value is -3.35. The number of ether oxygens (including phenoxy) is 1. The highest BCUT2D eigenvalue weighted by atomic mass is 16.5. The number of carboxylic acid groups (broad SMARTS) is 1. The molecule has 0 radical (unpaired) electrons. The lowest BCUT2D eigenvalue weighted by Gasteiger charge is -2.23. The van der Waals surface area contributed by atoms with E-state index in [0.29, 0.717) is 13.0 Å². The van der Waals surface area contributed by atoms with Crippen LogP contribution in [0.1, 0.15) is 62.5 Å². The van der Waals surface area contributed by atoms with Crippen molar-refractivity contribution in [2.24, 2.45) is 11.8 Å². The topological polar surface area (TPSA) is 105 Å². The number of hydrogen-bond donors (Lipinski definition) is 3. The molecule has 3 atom stereocenters. The van der Waals surface area contributed by atoms with Gasteiger partial charge in [0.05, 0.1) is 6.42 Å². The first-order valence-electron chi connectivity index (χ1n) is 12.6. The summed E-state index contributed by atoms with van der Waals surface area (Å²) in [6.07, 6.45) is 3.38. The Morgan fingerprint density at radius 1 is 1.03 bits per heavy atom. The average molecular weight is 479 g/mol. The fraction of sp³-hybridized carbons (Fsp3) is 0.464. The van der Waals surface area contributed by atoms with Gasteiger partial charge in [-0.05, 0) is 47.4 Å². The minimum atomic E-state index is -0.913. The molecular formula is C28H34N2O5. The summed E-state index contributed by atoms with van der Waals surface area (Å²) in [6.45, 7) is 2.59. The van der Waals surface area contributed by atoms with Crippen molar-refractivity contribution in [1.82, 2.24) is 10.6 Å². The van der Waals surface area contributed by atoms with E-state index in [4.69, 9.17) is 9.84 Å². The number of benzene rings is 2. The smallest absolute Gasteiger partial charge is 0.407 e. The number of hydrogen-bond acceptors (Lipinski definition) is 4. The molecule has 2 aliphatic rings. The van der Waals surface area contributed by atoms with Crippen LogP contribution in [0.25, 0.3) is 11.1 Å². The Labute approximate surface area is 206 Å². The molecule has 35 heavy (non-hydrogen) atoms. The van der Waals surface area contributed by atoms with E-state index in [0.717, 1.165) is 36.8 Å². The quantitative estimate of drug-likeness (QED) is 0.459. The predicted molar refractivity (Wildman–Crippen MR) is 133 cm³/mol. The van der Waals surface area contributed by atoms with E-state index in [9.17, 15) is 14.4 Å². The Morgan fingerprint density at radius 2 is 1.69 bits per heavy atom. The fourth-order valence-corrected chi connectivity index (χ4v) is 5.58. The zero-order valence-electron chi connectivity index (χ0n) is 20.2. The number of carbonyl (C=O) groups excluding carboxylic acids is 2. The molecule has 0 aliphatic heterocycles. The highest BCUT2D eigenvalue weighted by molar-refractivity contribution is 5.81. The first kappa shape index (κ1) is 24.8. The van der Waals surface area contributed by atoms with Crippen molar-refractivity contribution < 1.29 is 24.2 Å². The van der Waals surface area contributed by atoms with E-state index in [1.54, 1.807) is 0 Å². The maximum Gasteiger partial charge on any atom is 0.407 e. The van der Waals surface area contributed by atoms with Gasteiger partial charge in [0.2, 0.25) is 5.91 Å². The summed E-state index contributed by atoms with van der Waals surface area (Å²) in [7, 11) is 0. The number of fused-ring (bicyclic) bond motifs is 3. The molecule has 0 unspecified atom stereocenters. The van der Waals surface area contributed by atoms with Crippen LogP contribution >= 0.6 is 0 Å². The molecule has 2 amide bonds. The van der Waals surface area contributed by atoms with Gasteiger partial charge in [0.1, 0.15) is 6.61 Å². The molecule has 7 nitrogen and oxygen atoms in total. The fourth-order valence-electron chi connectivity index (χ4n) is 5.58. The van der Waals surface area contributed by atoms with Gasteiger partial charge < -0.3 is 20.5 Å². The van der Waals surface area contributed by atoms with Gasteiger partial charge in [-0.2, -0.15) is 0 Å². The third kappa shape index (κ3) is 5.84. The molecule has 4 rings (SSSR count). The van der Waals surface area contributed by atoms with Gasteiger partial charge in [0, 0.05) is 24.4 Å². The predicted octanol–water partition coefficient (Wildman–Crippen LogP) is 4.70. The van der Waals surface area contributed by atoms with Crippen LogP contribution < -0.4 is 10.6 Å².